The van der Waals surface area contributed by atoms with Gasteiger partial charge in [-0.05, 0) is 28.8 Å². The Morgan fingerprint density at radius 1 is 0.854 bits per heavy atom. The van der Waals surface area contributed by atoms with Crippen molar-refractivity contribution in [3.8, 4) is 0 Å². The third-order valence-electron chi connectivity index (χ3n) is 6.48. The van der Waals surface area contributed by atoms with Gasteiger partial charge in [-0.2, -0.15) is 0 Å². The molecule has 1 unspecified atom stereocenters. The molecule has 0 saturated carbocycles. The standard InChI is InChI=1S/C31H31N7O3/c1-37(2)28-27-29(33-20-32-28)38(21-34-27)18-23-13-15-25(16-14-23)35-30(39)26(17-22-9-5-3-6-10-22)36-31(40)41-19-24-11-7-4-8-12-24/h3-16,20-21,26H,17-19H2,1-2H3,(H,35,39)(H,36,40). The smallest absolute Gasteiger partial charge is 0.408 e. The van der Waals surface area contributed by atoms with Crippen LogP contribution >= 0.6 is 0 Å². The molecule has 0 radical (unpaired) electrons. The van der Waals surface area contributed by atoms with E-state index >= 15 is 0 Å². The maximum atomic E-state index is 13.3. The number of hydrogen-bond acceptors (Lipinski definition) is 7. The summed E-state index contributed by atoms with van der Waals surface area (Å²) in [6.45, 7) is 0.669. The van der Waals surface area contributed by atoms with Crippen LogP contribution in [0.1, 0.15) is 16.7 Å². The van der Waals surface area contributed by atoms with Gasteiger partial charge < -0.3 is 24.8 Å². The zero-order valence-corrected chi connectivity index (χ0v) is 22.9. The van der Waals surface area contributed by atoms with Crippen LogP contribution < -0.4 is 15.5 Å². The predicted octanol–water partition coefficient (Wildman–Crippen LogP) is 4.42. The predicted molar refractivity (Wildman–Crippen MR) is 158 cm³/mol. The number of carbonyl (C=O) groups is 2. The fraction of sp³-hybridized carbons (Fsp3) is 0.194. The molecular formula is C31H31N7O3. The highest BCUT2D eigenvalue weighted by atomic mass is 16.5. The average Bonchev–Trinajstić information content (AvgIpc) is 3.40. The molecular weight excluding hydrogens is 518 g/mol. The molecule has 2 aromatic heterocycles. The first-order valence-corrected chi connectivity index (χ1v) is 13.2. The Morgan fingerprint density at radius 3 is 2.22 bits per heavy atom. The summed E-state index contributed by atoms with van der Waals surface area (Å²) in [6, 6.07) is 25.6. The monoisotopic (exact) mass is 549 g/mol. The van der Waals surface area contributed by atoms with Crippen molar-refractivity contribution in [1.82, 2.24) is 24.8 Å². The molecule has 2 amide bonds. The Bertz CT molecular complexity index is 1600. The largest absolute Gasteiger partial charge is 0.445 e. The van der Waals surface area contributed by atoms with Gasteiger partial charge in [-0.25, -0.2) is 19.7 Å². The summed E-state index contributed by atoms with van der Waals surface area (Å²) in [5.74, 6) is 0.418. The van der Waals surface area contributed by atoms with Crippen LogP contribution in [-0.4, -0.2) is 51.7 Å². The lowest BCUT2D eigenvalue weighted by molar-refractivity contribution is -0.118. The number of benzene rings is 3. The number of nitrogens with zero attached hydrogens (tertiary/aromatic N) is 5. The van der Waals surface area contributed by atoms with Gasteiger partial charge >= 0.3 is 6.09 Å². The first-order valence-electron chi connectivity index (χ1n) is 13.2. The lowest BCUT2D eigenvalue weighted by Gasteiger charge is -2.19. The minimum absolute atomic E-state index is 0.114. The SMILES string of the molecule is CN(C)c1ncnc2c1ncn2Cc1ccc(NC(=O)C(Cc2ccccc2)NC(=O)OCc2ccccc2)cc1. The molecule has 1 atom stereocenters. The molecule has 0 spiro atoms. The molecule has 10 nitrogen and oxygen atoms in total. The molecule has 5 rings (SSSR count). The third kappa shape index (κ3) is 7.04. The van der Waals surface area contributed by atoms with E-state index < -0.39 is 12.1 Å². The third-order valence-corrected chi connectivity index (χ3v) is 6.48. The molecule has 5 aromatic rings. The summed E-state index contributed by atoms with van der Waals surface area (Å²) in [6.07, 6.45) is 2.94. The minimum atomic E-state index is -0.830. The number of anilines is 2. The lowest BCUT2D eigenvalue weighted by atomic mass is 10.1. The van der Waals surface area contributed by atoms with Gasteiger partial charge in [-0.3, -0.25) is 4.79 Å². The van der Waals surface area contributed by atoms with E-state index in [4.69, 9.17) is 4.74 Å². The van der Waals surface area contributed by atoms with Crippen LogP contribution in [-0.2, 0) is 29.1 Å². The number of imidazole rings is 1. The lowest BCUT2D eigenvalue weighted by Crippen LogP contribution is -2.45. The van der Waals surface area contributed by atoms with E-state index in [1.807, 2.05) is 108 Å². The number of nitrogens with one attached hydrogen (secondary N) is 2. The van der Waals surface area contributed by atoms with E-state index in [1.165, 1.54) is 6.33 Å². The highest BCUT2D eigenvalue weighted by Crippen LogP contribution is 2.21. The first-order chi connectivity index (χ1) is 20.0. The molecule has 0 aliphatic heterocycles. The van der Waals surface area contributed by atoms with Gasteiger partial charge in [0.05, 0.1) is 12.9 Å². The molecule has 0 bridgehead atoms. The Balaban J connectivity index is 1.24. The van der Waals surface area contributed by atoms with Crippen molar-refractivity contribution in [1.29, 1.82) is 0 Å². The van der Waals surface area contributed by atoms with Gasteiger partial charge in [0.1, 0.15) is 19.0 Å². The Kier molecular flexibility index (Phi) is 8.49. The molecule has 0 aliphatic carbocycles. The zero-order chi connectivity index (χ0) is 28.6. The molecule has 41 heavy (non-hydrogen) atoms. The van der Waals surface area contributed by atoms with Gasteiger partial charge in [0.2, 0.25) is 5.91 Å². The summed E-state index contributed by atoms with van der Waals surface area (Å²) in [5.41, 5.74) is 4.89. The molecule has 10 heteroatoms. The van der Waals surface area contributed by atoms with E-state index in [1.54, 1.807) is 6.33 Å². The fourth-order valence-corrected chi connectivity index (χ4v) is 4.40. The van der Waals surface area contributed by atoms with Crippen molar-refractivity contribution in [2.24, 2.45) is 0 Å². The van der Waals surface area contributed by atoms with Crippen LogP contribution in [0.2, 0.25) is 0 Å². The number of aromatic nitrogens is 4. The van der Waals surface area contributed by atoms with Crippen molar-refractivity contribution < 1.29 is 14.3 Å². The molecule has 0 aliphatic rings. The van der Waals surface area contributed by atoms with E-state index in [0.717, 1.165) is 33.7 Å². The maximum Gasteiger partial charge on any atom is 0.408 e. The Hall–Kier alpha value is -5.25. The number of alkyl carbamates (subject to hydrolysis) is 1. The first kappa shape index (κ1) is 27.3. The molecule has 208 valence electrons. The van der Waals surface area contributed by atoms with E-state index in [-0.39, 0.29) is 12.5 Å². The maximum absolute atomic E-state index is 13.3. The van der Waals surface area contributed by atoms with Crippen LogP contribution in [0.15, 0.2) is 97.6 Å². The number of hydrogen-bond donors (Lipinski definition) is 2. The second-order valence-corrected chi connectivity index (χ2v) is 9.77. The quantitative estimate of drug-likeness (QED) is 0.265. The average molecular weight is 550 g/mol. The molecule has 3 aromatic carbocycles. The van der Waals surface area contributed by atoms with Crippen LogP contribution in [0.4, 0.5) is 16.3 Å². The summed E-state index contributed by atoms with van der Waals surface area (Å²) >= 11 is 0. The van der Waals surface area contributed by atoms with Crippen LogP contribution in [0.5, 0.6) is 0 Å². The minimum Gasteiger partial charge on any atom is -0.445 e. The number of rotatable bonds is 10. The summed E-state index contributed by atoms with van der Waals surface area (Å²) in [4.78, 5) is 41.0. The second-order valence-electron chi connectivity index (χ2n) is 9.77. The van der Waals surface area contributed by atoms with Gasteiger partial charge in [0.25, 0.3) is 0 Å². The highest BCUT2D eigenvalue weighted by molar-refractivity contribution is 5.96. The van der Waals surface area contributed by atoms with Gasteiger partial charge in [-0.15, -0.1) is 0 Å². The van der Waals surface area contributed by atoms with Crippen molar-refractivity contribution >= 4 is 34.7 Å². The number of ether oxygens (including phenoxy) is 1. The van der Waals surface area contributed by atoms with Gasteiger partial charge in [-0.1, -0.05) is 72.8 Å². The molecule has 0 saturated heterocycles. The van der Waals surface area contributed by atoms with Gasteiger partial charge in [0.15, 0.2) is 17.0 Å². The van der Waals surface area contributed by atoms with Crippen molar-refractivity contribution in [3.63, 3.8) is 0 Å². The topological polar surface area (TPSA) is 114 Å². The van der Waals surface area contributed by atoms with Crippen LogP contribution in [0, 0.1) is 0 Å². The van der Waals surface area contributed by atoms with E-state index in [0.29, 0.717) is 18.7 Å². The summed E-state index contributed by atoms with van der Waals surface area (Å²) in [7, 11) is 3.84. The number of fused-ring (bicyclic) bond motifs is 1. The number of amides is 2. The van der Waals surface area contributed by atoms with Crippen LogP contribution in [0.3, 0.4) is 0 Å². The van der Waals surface area contributed by atoms with Gasteiger partial charge in [0, 0.05) is 26.2 Å². The molecule has 2 heterocycles. The number of carbonyl (C=O) groups excluding carboxylic acids is 2. The second kappa shape index (κ2) is 12.7. The Labute approximate surface area is 238 Å². The van der Waals surface area contributed by atoms with Crippen LogP contribution in [0.25, 0.3) is 11.2 Å². The van der Waals surface area contributed by atoms with Crippen molar-refractivity contribution in [3.05, 3.63) is 114 Å². The highest BCUT2D eigenvalue weighted by Gasteiger charge is 2.22. The fourth-order valence-electron chi connectivity index (χ4n) is 4.40. The molecule has 0 fully saturated rings. The van der Waals surface area contributed by atoms with E-state index in [9.17, 15) is 9.59 Å². The normalized spacial score (nSPS) is 11.6. The van der Waals surface area contributed by atoms with Crippen molar-refractivity contribution in [2.75, 3.05) is 24.3 Å². The summed E-state index contributed by atoms with van der Waals surface area (Å²) in [5, 5.41) is 5.65. The summed E-state index contributed by atoms with van der Waals surface area (Å²) < 4.78 is 7.32. The van der Waals surface area contributed by atoms with E-state index in [2.05, 4.69) is 25.6 Å². The Morgan fingerprint density at radius 2 is 1.54 bits per heavy atom. The zero-order valence-electron chi connectivity index (χ0n) is 22.9. The van der Waals surface area contributed by atoms with Crippen molar-refractivity contribution in [2.45, 2.75) is 25.6 Å². The molecule has 2 N–H and O–H groups in total.